The van der Waals surface area contributed by atoms with E-state index >= 15 is 0 Å². The molecule has 0 spiro atoms. The van der Waals surface area contributed by atoms with Gasteiger partial charge in [-0.05, 0) is 36.8 Å². The molecule has 0 aliphatic heterocycles. The topological polar surface area (TPSA) is 103 Å². The highest BCUT2D eigenvalue weighted by atomic mass is 16.5. The molecule has 1 aliphatic rings. The van der Waals surface area contributed by atoms with Crippen LogP contribution in [0, 0.1) is 11.8 Å². The maximum Gasteiger partial charge on any atom is 0.252 e. The fourth-order valence-corrected chi connectivity index (χ4v) is 2.72. The van der Waals surface area contributed by atoms with Gasteiger partial charge < -0.3 is 25.8 Å². The van der Waals surface area contributed by atoms with Crippen LogP contribution in [0.5, 0.6) is 11.5 Å². The summed E-state index contributed by atoms with van der Waals surface area (Å²) in [5.74, 6) is 0.878. The first-order valence-electron chi connectivity index (χ1n) is 8.93. The van der Waals surface area contributed by atoms with Crippen molar-refractivity contribution < 1.29 is 19.1 Å². The fraction of sp³-hybridized carbons (Fsp3) is 0.579. The zero-order chi connectivity index (χ0) is 19.3. The lowest BCUT2D eigenvalue weighted by molar-refractivity contribution is -0.124. The van der Waals surface area contributed by atoms with Gasteiger partial charge in [-0.2, -0.15) is 0 Å². The number of carbonyl (C=O) groups excluding carboxylic acids is 2. The largest absolute Gasteiger partial charge is 0.497 e. The number of benzene rings is 1. The second kappa shape index (κ2) is 8.89. The minimum atomic E-state index is -0.647. The van der Waals surface area contributed by atoms with Crippen molar-refractivity contribution in [3.8, 4) is 11.5 Å². The molecule has 1 aliphatic carbocycles. The molecule has 0 bridgehead atoms. The molecule has 26 heavy (non-hydrogen) atoms. The molecular formula is C19H29N3O4. The molecule has 1 saturated carbocycles. The lowest BCUT2D eigenvalue weighted by Crippen LogP contribution is -2.52. The van der Waals surface area contributed by atoms with Gasteiger partial charge in [0.1, 0.15) is 17.5 Å². The third kappa shape index (κ3) is 5.36. The van der Waals surface area contributed by atoms with Crippen molar-refractivity contribution in [3.63, 3.8) is 0 Å². The number of hydrogen-bond donors (Lipinski definition) is 3. The molecule has 2 atom stereocenters. The number of methoxy groups -OCH3 is 2. The number of ether oxygens (including phenoxy) is 2. The number of rotatable bonds is 9. The molecule has 0 heterocycles. The Kier molecular flexibility index (Phi) is 6.85. The predicted molar refractivity (Wildman–Crippen MR) is 99.3 cm³/mol. The van der Waals surface area contributed by atoms with Crippen molar-refractivity contribution in [1.29, 1.82) is 0 Å². The smallest absolute Gasteiger partial charge is 0.252 e. The molecule has 2 amide bonds. The highest BCUT2D eigenvalue weighted by Crippen LogP contribution is 2.31. The number of hydrogen-bond acceptors (Lipinski definition) is 5. The summed E-state index contributed by atoms with van der Waals surface area (Å²) in [4.78, 5) is 25.1. The van der Waals surface area contributed by atoms with Crippen molar-refractivity contribution in [1.82, 2.24) is 10.6 Å². The van der Waals surface area contributed by atoms with Crippen molar-refractivity contribution in [2.75, 3.05) is 20.8 Å². The first kappa shape index (κ1) is 20.0. The molecule has 144 valence electrons. The maximum atomic E-state index is 12.6. The Hall–Kier alpha value is -2.28. The molecule has 1 fully saturated rings. The van der Waals surface area contributed by atoms with E-state index in [9.17, 15) is 9.59 Å². The molecule has 0 radical (unpaired) electrons. The van der Waals surface area contributed by atoms with Crippen LogP contribution in [-0.2, 0) is 4.79 Å². The van der Waals surface area contributed by atoms with E-state index in [1.54, 1.807) is 18.2 Å². The minimum Gasteiger partial charge on any atom is -0.497 e. The first-order valence-corrected chi connectivity index (χ1v) is 8.93. The van der Waals surface area contributed by atoms with Gasteiger partial charge in [-0.1, -0.05) is 13.8 Å². The summed E-state index contributed by atoms with van der Waals surface area (Å²) in [6.45, 7) is 4.20. The van der Waals surface area contributed by atoms with Crippen LogP contribution in [0.15, 0.2) is 18.2 Å². The van der Waals surface area contributed by atoms with E-state index in [2.05, 4.69) is 10.6 Å². The fourth-order valence-electron chi connectivity index (χ4n) is 2.72. The van der Waals surface area contributed by atoms with Crippen LogP contribution in [0.4, 0.5) is 0 Å². The Balaban J connectivity index is 2.03. The van der Waals surface area contributed by atoms with Gasteiger partial charge in [0.05, 0.1) is 14.2 Å². The van der Waals surface area contributed by atoms with Gasteiger partial charge in [-0.3, -0.25) is 9.59 Å². The Bertz CT molecular complexity index is 621. The zero-order valence-electron chi connectivity index (χ0n) is 15.9. The number of amides is 2. The molecule has 1 aromatic carbocycles. The predicted octanol–water partition coefficient (Wildman–Crippen LogP) is 1.31. The van der Waals surface area contributed by atoms with E-state index in [0.29, 0.717) is 29.5 Å². The third-order valence-electron chi connectivity index (χ3n) is 4.59. The van der Waals surface area contributed by atoms with E-state index in [4.69, 9.17) is 15.2 Å². The van der Waals surface area contributed by atoms with Crippen molar-refractivity contribution in [2.24, 2.45) is 17.6 Å². The Morgan fingerprint density at radius 2 is 1.73 bits per heavy atom. The second-order valence-electron chi connectivity index (χ2n) is 7.04. The summed E-state index contributed by atoms with van der Waals surface area (Å²) in [6, 6.07) is 4.23. The van der Waals surface area contributed by atoms with Crippen LogP contribution in [0.3, 0.4) is 0 Å². The average Bonchev–Trinajstić information content (AvgIpc) is 3.48. The van der Waals surface area contributed by atoms with Crippen LogP contribution in [0.1, 0.15) is 37.0 Å². The number of nitrogens with one attached hydrogen (secondary N) is 2. The van der Waals surface area contributed by atoms with Gasteiger partial charge in [-0.25, -0.2) is 0 Å². The summed E-state index contributed by atoms with van der Waals surface area (Å²) < 4.78 is 10.4. The van der Waals surface area contributed by atoms with Crippen LogP contribution in [-0.4, -0.2) is 44.7 Å². The lowest BCUT2D eigenvalue weighted by Gasteiger charge is -2.23. The molecular weight excluding hydrogens is 334 g/mol. The third-order valence-corrected chi connectivity index (χ3v) is 4.59. The molecule has 7 heteroatoms. The highest BCUT2D eigenvalue weighted by molar-refractivity contribution is 5.98. The summed E-state index contributed by atoms with van der Waals surface area (Å²) in [5, 5.41) is 5.66. The van der Waals surface area contributed by atoms with Gasteiger partial charge in [-0.15, -0.1) is 0 Å². The van der Waals surface area contributed by atoms with Crippen LogP contribution in [0.25, 0.3) is 0 Å². The summed E-state index contributed by atoms with van der Waals surface area (Å²) in [5.41, 5.74) is 6.40. The van der Waals surface area contributed by atoms with E-state index in [0.717, 1.165) is 12.8 Å². The summed E-state index contributed by atoms with van der Waals surface area (Å²) in [7, 11) is 3.04. The lowest BCUT2D eigenvalue weighted by atomic mass is 10.0. The molecule has 0 aromatic heterocycles. The monoisotopic (exact) mass is 363 g/mol. The maximum absolute atomic E-state index is 12.6. The van der Waals surface area contributed by atoms with Crippen molar-refractivity contribution >= 4 is 11.8 Å². The standard InChI is InChI=1S/C19H29N3O4/c1-11(2)17(19(24)21-10-16(20)12-5-6-12)22-18(23)13-7-14(25-3)9-15(8-13)26-4/h7-9,11-12,16-17H,5-6,10,20H2,1-4H3,(H,21,24)(H,22,23). The SMILES string of the molecule is COc1cc(OC)cc(C(=O)NC(C(=O)NCC(N)C2CC2)C(C)C)c1. The summed E-state index contributed by atoms with van der Waals surface area (Å²) in [6.07, 6.45) is 2.25. The van der Waals surface area contributed by atoms with E-state index < -0.39 is 6.04 Å². The molecule has 4 N–H and O–H groups in total. The molecule has 0 saturated heterocycles. The van der Waals surface area contributed by atoms with Crippen LogP contribution >= 0.6 is 0 Å². The molecule has 2 rings (SSSR count). The minimum absolute atomic E-state index is 0.0230. The Morgan fingerprint density at radius 3 is 2.19 bits per heavy atom. The molecule has 7 nitrogen and oxygen atoms in total. The molecule has 1 aromatic rings. The number of carbonyl (C=O) groups is 2. The zero-order valence-corrected chi connectivity index (χ0v) is 15.9. The quantitative estimate of drug-likeness (QED) is 0.614. The first-order chi connectivity index (χ1) is 12.3. The van der Waals surface area contributed by atoms with Gasteiger partial charge in [0.15, 0.2) is 0 Å². The Labute approximate surface area is 154 Å². The van der Waals surface area contributed by atoms with Crippen molar-refractivity contribution in [3.05, 3.63) is 23.8 Å². The van der Waals surface area contributed by atoms with E-state index in [1.165, 1.54) is 14.2 Å². The van der Waals surface area contributed by atoms with Gasteiger partial charge in [0.25, 0.3) is 5.91 Å². The van der Waals surface area contributed by atoms with Crippen molar-refractivity contribution in [2.45, 2.75) is 38.8 Å². The second-order valence-corrected chi connectivity index (χ2v) is 7.04. The van der Waals surface area contributed by atoms with E-state index in [1.807, 2.05) is 13.8 Å². The van der Waals surface area contributed by atoms with E-state index in [-0.39, 0.29) is 23.8 Å². The van der Waals surface area contributed by atoms with Gasteiger partial charge in [0, 0.05) is 24.2 Å². The molecule has 2 unspecified atom stereocenters. The average molecular weight is 363 g/mol. The normalized spacial score (nSPS) is 15.9. The highest BCUT2D eigenvalue weighted by Gasteiger charge is 2.30. The van der Waals surface area contributed by atoms with Crippen LogP contribution < -0.4 is 25.8 Å². The van der Waals surface area contributed by atoms with Gasteiger partial charge in [0.2, 0.25) is 5.91 Å². The van der Waals surface area contributed by atoms with Gasteiger partial charge >= 0.3 is 0 Å². The number of nitrogens with two attached hydrogens (primary N) is 1. The van der Waals surface area contributed by atoms with Crippen LogP contribution in [0.2, 0.25) is 0 Å². The Morgan fingerprint density at radius 1 is 1.15 bits per heavy atom. The summed E-state index contributed by atoms with van der Waals surface area (Å²) >= 11 is 0.